The average molecular weight is 311 g/mol. The van der Waals surface area contributed by atoms with Crippen molar-refractivity contribution in [3.05, 3.63) is 0 Å². The summed E-state index contributed by atoms with van der Waals surface area (Å²) in [7, 11) is 0. The van der Waals surface area contributed by atoms with Gasteiger partial charge in [-0.1, -0.05) is 0 Å². The van der Waals surface area contributed by atoms with Crippen LogP contribution in [-0.4, -0.2) is 60.3 Å². The van der Waals surface area contributed by atoms with Gasteiger partial charge in [-0.25, -0.2) is 0 Å². The number of thioether (sulfide) groups is 1. The Balaban J connectivity index is 1.44. The van der Waals surface area contributed by atoms with Gasteiger partial charge in [-0.2, -0.15) is 11.8 Å². The number of hydrogen-bond donors (Lipinski definition) is 1. The minimum atomic E-state index is 0.245. The van der Waals surface area contributed by atoms with Crippen LogP contribution in [0.3, 0.4) is 0 Å². The second-order valence-electron chi connectivity index (χ2n) is 7.52. The van der Waals surface area contributed by atoms with Crippen LogP contribution < -0.4 is 5.32 Å². The van der Waals surface area contributed by atoms with Crippen molar-refractivity contribution in [3.63, 3.8) is 0 Å². The smallest absolute Gasteiger partial charge is 0.0795 e. The van der Waals surface area contributed by atoms with E-state index in [1.807, 2.05) is 0 Å². The van der Waals surface area contributed by atoms with Gasteiger partial charge in [0.2, 0.25) is 0 Å². The molecule has 0 aromatic carbocycles. The molecule has 0 aliphatic carbocycles. The van der Waals surface area contributed by atoms with Gasteiger partial charge in [0, 0.05) is 24.4 Å². The third-order valence-electron chi connectivity index (χ3n) is 6.27. The molecule has 3 unspecified atom stereocenters. The van der Waals surface area contributed by atoms with Crippen LogP contribution >= 0.6 is 11.8 Å². The first-order valence-corrected chi connectivity index (χ1v) is 10.2. The molecular formula is C17H30N2OS. The highest BCUT2D eigenvalue weighted by atomic mass is 32.2. The molecule has 21 heavy (non-hydrogen) atoms. The van der Waals surface area contributed by atoms with Crippen molar-refractivity contribution >= 4 is 11.8 Å². The number of likely N-dealkylation sites (tertiary alicyclic amines) is 1. The molecule has 4 heterocycles. The normalized spacial score (nSPS) is 42.9. The molecule has 0 saturated carbocycles. The monoisotopic (exact) mass is 310 g/mol. The lowest BCUT2D eigenvalue weighted by atomic mass is 9.85. The second kappa shape index (κ2) is 6.38. The van der Waals surface area contributed by atoms with Gasteiger partial charge < -0.3 is 10.1 Å². The van der Waals surface area contributed by atoms with Crippen LogP contribution in [0.4, 0.5) is 0 Å². The number of piperidine rings is 1. The molecule has 0 bridgehead atoms. The van der Waals surface area contributed by atoms with E-state index in [0.29, 0.717) is 0 Å². The quantitative estimate of drug-likeness (QED) is 0.847. The first-order chi connectivity index (χ1) is 10.4. The van der Waals surface area contributed by atoms with Gasteiger partial charge in [0.05, 0.1) is 5.60 Å². The van der Waals surface area contributed by atoms with E-state index in [2.05, 4.69) is 22.0 Å². The number of hydrogen-bond acceptors (Lipinski definition) is 4. The molecule has 1 N–H and O–H groups in total. The van der Waals surface area contributed by atoms with Crippen LogP contribution in [-0.2, 0) is 4.74 Å². The van der Waals surface area contributed by atoms with Crippen molar-refractivity contribution in [1.82, 2.24) is 10.2 Å². The lowest BCUT2D eigenvalue weighted by Crippen LogP contribution is -2.52. The van der Waals surface area contributed by atoms with E-state index in [1.165, 1.54) is 76.1 Å². The summed E-state index contributed by atoms with van der Waals surface area (Å²) >= 11 is 2.10. The molecule has 4 heteroatoms. The summed E-state index contributed by atoms with van der Waals surface area (Å²) in [5.41, 5.74) is 0.245. The van der Waals surface area contributed by atoms with Crippen molar-refractivity contribution in [2.75, 3.05) is 37.7 Å². The van der Waals surface area contributed by atoms with E-state index in [1.54, 1.807) is 0 Å². The molecule has 4 aliphatic heterocycles. The molecule has 4 rings (SSSR count). The Kier molecular flexibility index (Phi) is 4.50. The Morgan fingerprint density at radius 2 is 2.05 bits per heavy atom. The lowest BCUT2D eigenvalue weighted by molar-refractivity contribution is -0.0942. The number of nitrogens with zero attached hydrogens (tertiary/aromatic N) is 1. The van der Waals surface area contributed by atoms with Gasteiger partial charge in [0.15, 0.2) is 0 Å². The SMILES string of the molecule is C1CC(C2CCNCC2)N(C2CCOC3(CCSC3)C2)C1. The van der Waals surface area contributed by atoms with Crippen molar-refractivity contribution < 1.29 is 4.74 Å². The molecule has 4 fully saturated rings. The summed E-state index contributed by atoms with van der Waals surface area (Å²) in [4.78, 5) is 2.92. The summed E-state index contributed by atoms with van der Waals surface area (Å²) in [5, 5.41) is 3.53. The maximum absolute atomic E-state index is 6.24. The summed E-state index contributed by atoms with van der Waals surface area (Å²) in [5.74, 6) is 3.50. The third kappa shape index (κ3) is 3.01. The second-order valence-corrected chi connectivity index (χ2v) is 8.62. The molecule has 4 aliphatic rings. The molecule has 120 valence electrons. The zero-order valence-corrected chi connectivity index (χ0v) is 14.0. The number of ether oxygens (including phenoxy) is 1. The summed E-state index contributed by atoms with van der Waals surface area (Å²) < 4.78 is 6.24. The van der Waals surface area contributed by atoms with Crippen molar-refractivity contribution in [1.29, 1.82) is 0 Å². The van der Waals surface area contributed by atoms with Crippen LogP contribution in [0.25, 0.3) is 0 Å². The zero-order chi connectivity index (χ0) is 14.1. The molecule has 1 spiro atoms. The minimum Gasteiger partial charge on any atom is -0.374 e. The Bertz CT molecular complexity index is 353. The van der Waals surface area contributed by atoms with Gasteiger partial charge in [0.1, 0.15) is 0 Å². The van der Waals surface area contributed by atoms with Gasteiger partial charge >= 0.3 is 0 Å². The Labute approximate surface area is 133 Å². The van der Waals surface area contributed by atoms with E-state index in [-0.39, 0.29) is 5.60 Å². The van der Waals surface area contributed by atoms with Crippen molar-refractivity contribution in [2.24, 2.45) is 5.92 Å². The van der Waals surface area contributed by atoms with Gasteiger partial charge in [-0.3, -0.25) is 4.90 Å². The molecule has 0 amide bonds. The van der Waals surface area contributed by atoms with Crippen LogP contribution in [0.15, 0.2) is 0 Å². The molecule has 0 radical (unpaired) electrons. The molecule has 3 nitrogen and oxygen atoms in total. The topological polar surface area (TPSA) is 24.5 Å². The summed E-state index contributed by atoms with van der Waals surface area (Å²) in [6.07, 6.45) is 9.53. The predicted molar refractivity (Wildman–Crippen MR) is 89.0 cm³/mol. The van der Waals surface area contributed by atoms with Gasteiger partial charge in [-0.05, 0) is 76.3 Å². The van der Waals surface area contributed by atoms with E-state index in [9.17, 15) is 0 Å². The molecule has 0 aromatic rings. The maximum Gasteiger partial charge on any atom is 0.0795 e. The first-order valence-electron chi connectivity index (χ1n) is 9.05. The fourth-order valence-corrected chi connectivity index (χ4v) is 6.53. The Morgan fingerprint density at radius 3 is 2.86 bits per heavy atom. The molecule has 4 saturated heterocycles. The van der Waals surface area contributed by atoms with Crippen LogP contribution in [0, 0.1) is 5.92 Å². The van der Waals surface area contributed by atoms with Crippen molar-refractivity contribution in [3.8, 4) is 0 Å². The van der Waals surface area contributed by atoms with Crippen LogP contribution in [0.2, 0.25) is 0 Å². The molecule has 3 atom stereocenters. The standard InChI is InChI=1S/C17H30N2OS/c1-2-16(14-3-7-18-8-4-14)19(9-1)15-5-10-20-17(12-15)6-11-21-13-17/h14-16,18H,1-13H2. The first kappa shape index (κ1) is 14.8. The van der Waals surface area contributed by atoms with E-state index >= 15 is 0 Å². The molecule has 0 aromatic heterocycles. The van der Waals surface area contributed by atoms with Crippen molar-refractivity contribution in [2.45, 2.75) is 62.6 Å². The predicted octanol–water partition coefficient (Wildman–Crippen LogP) is 2.51. The lowest BCUT2D eigenvalue weighted by Gasteiger charge is -2.45. The largest absolute Gasteiger partial charge is 0.374 e. The van der Waals surface area contributed by atoms with E-state index in [0.717, 1.165) is 24.6 Å². The van der Waals surface area contributed by atoms with Crippen LogP contribution in [0.5, 0.6) is 0 Å². The van der Waals surface area contributed by atoms with Gasteiger partial charge in [-0.15, -0.1) is 0 Å². The fourth-order valence-electron chi connectivity index (χ4n) is 5.15. The number of nitrogens with one attached hydrogen (secondary N) is 1. The van der Waals surface area contributed by atoms with E-state index < -0.39 is 0 Å². The Hall–Kier alpha value is 0.230. The summed E-state index contributed by atoms with van der Waals surface area (Å²) in [6, 6.07) is 1.68. The van der Waals surface area contributed by atoms with Crippen LogP contribution in [0.1, 0.15) is 44.9 Å². The average Bonchev–Trinajstić information content (AvgIpc) is 3.18. The third-order valence-corrected chi connectivity index (χ3v) is 7.50. The maximum atomic E-state index is 6.24. The molecular weight excluding hydrogens is 280 g/mol. The van der Waals surface area contributed by atoms with E-state index in [4.69, 9.17) is 4.74 Å². The highest BCUT2D eigenvalue weighted by molar-refractivity contribution is 7.99. The minimum absolute atomic E-state index is 0.245. The van der Waals surface area contributed by atoms with Gasteiger partial charge in [0.25, 0.3) is 0 Å². The highest BCUT2D eigenvalue weighted by Gasteiger charge is 2.45. The zero-order valence-electron chi connectivity index (χ0n) is 13.2. The fraction of sp³-hybridized carbons (Fsp3) is 1.00. The number of rotatable bonds is 2. The highest BCUT2D eigenvalue weighted by Crippen LogP contribution is 2.42. The Morgan fingerprint density at radius 1 is 1.14 bits per heavy atom. The summed E-state index contributed by atoms with van der Waals surface area (Å²) in [6.45, 7) is 4.83.